The van der Waals surface area contributed by atoms with Crippen LogP contribution in [0.5, 0.6) is 0 Å². The second-order valence-corrected chi connectivity index (χ2v) is 11.0. The Morgan fingerprint density at radius 3 is 2.08 bits per heavy atom. The topological polar surface area (TPSA) is 96.8 Å². The monoisotopic (exact) mass is 589 g/mol. The summed E-state index contributed by atoms with van der Waals surface area (Å²) in [5, 5.41) is 32.5. The van der Waals surface area contributed by atoms with Crippen LogP contribution in [0.1, 0.15) is 49.6 Å². The number of benzene rings is 2. The molecule has 1 N–H and O–H groups in total. The van der Waals surface area contributed by atoms with Crippen molar-refractivity contribution in [2.45, 2.75) is 44.9 Å². The second-order valence-electron chi connectivity index (χ2n) is 8.79. The van der Waals surface area contributed by atoms with Crippen molar-refractivity contribution < 1.29 is 5.11 Å². The molecule has 0 unspecified atom stereocenters. The van der Waals surface area contributed by atoms with Crippen molar-refractivity contribution in [3.8, 4) is 33.8 Å². The third-order valence-corrected chi connectivity index (χ3v) is 8.20. The van der Waals surface area contributed by atoms with Gasteiger partial charge in [0.1, 0.15) is 33.6 Å². The molecule has 2 aromatic carbocycles. The third kappa shape index (κ3) is 7.62. The van der Waals surface area contributed by atoms with E-state index in [1.165, 1.54) is 11.8 Å². The molecule has 0 saturated carbocycles. The quantitative estimate of drug-likeness (QED) is 0.197. The molecule has 40 heavy (non-hydrogen) atoms. The van der Waals surface area contributed by atoms with Crippen LogP contribution in [0.4, 0.5) is 5.82 Å². The van der Waals surface area contributed by atoms with Crippen molar-refractivity contribution in [3.63, 3.8) is 0 Å². The first-order chi connectivity index (χ1) is 19.4. The molecule has 2 aromatic heterocycles. The average Bonchev–Trinajstić information content (AvgIpc) is 3.46. The minimum atomic E-state index is 0.319. The van der Waals surface area contributed by atoms with Crippen LogP contribution in [0.15, 0.2) is 58.9 Å². The standard InChI is InChI=1S/C28H24ClN5S2.C3H8O/c1-4-34(5-2)26-23(14-30)25(19-8-6-18(3)7-9-19)24(15-31)28(33-26)36-17-22-16-35-27(32-22)20-10-12-21(29)13-11-20;1-2-3-4/h6-13,16H,4-5,17H2,1-3H3;4H,2-3H2,1H3. The summed E-state index contributed by atoms with van der Waals surface area (Å²) < 4.78 is 0. The molecule has 9 heteroatoms. The Morgan fingerprint density at radius 1 is 0.925 bits per heavy atom. The zero-order valence-electron chi connectivity index (χ0n) is 23.1. The fraction of sp³-hybridized carbons (Fsp3) is 0.290. The maximum Gasteiger partial charge on any atom is 0.148 e. The predicted molar refractivity (Wildman–Crippen MR) is 167 cm³/mol. The number of aliphatic hydroxyl groups is 1. The van der Waals surface area contributed by atoms with Gasteiger partial charge in [-0.05, 0) is 44.9 Å². The highest BCUT2D eigenvalue weighted by atomic mass is 35.5. The Labute approximate surface area is 249 Å². The summed E-state index contributed by atoms with van der Waals surface area (Å²) in [6.07, 6.45) is 0.875. The average molecular weight is 590 g/mol. The van der Waals surface area contributed by atoms with Gasteiger partial charge in [0.15, 0.2) is 0 Å². The molecule has 0 fully saturated rings. The zero-order chi connectivity index (χ0) is 29.1. The fourth-order valence-electron chi connectivity index (χ4n) is 3.87. The Balaban J connectivity index is 0.00000103. The number of nitriles is 2. The van der Waals surface area contributed by atoms with Crippen molar-refractivity contribution >= 4 is 40.5 Å². The number of hydrogen-bond donors (Lipinski definition) is 1. The number of thioether (sulfide) groups is 1. The van der Waals surface area contributed by atoms with Crippen LogP contribution in [0.25, 0.3) is 21.7 Å². The van der Waals surface area contributed by atoms with E-state index in [4.69, 9.17) is 26.7 Å². The van der Waals surface area contributed by atoms with E-state index in [-0.39, 0.29) is 0 Å². The van der Waals surface area contributed by atoms with Crippen molar-refractivity contribution in [3.05, 3.63) is 81.3 Å². The Hall–Kier alpha value is -3.40. The molecule has 4 aromatic rings. The number of aryl methyl sites for hydroxylation is 1. The van der Waals surface area contributed by atoms with Crippen LogP contribution in [0.3, 0.4) is 0 Å². The van der Waals surface area contributed by atoms with E-state index < -0.39 is 0 Å². The van der Waals surface area contributed by atoms with Gasteiger partial charge in [0.2, 0.25) is 0 Å². The minimum absolute atomic E-state index is 0.319. The maximum absolute atomic E-state index is 10.2. The Kier molecular flexibility index (Phi) is 12.0. The van der Waals surface area contributed by atoms with E-state index in [9.17, 15) is 10.5 Å². The zero-order valence-corrected chi connectivity index (χ0v) is 25.5. The molecule has 0 bridgehead atoms. The molecule has 0 aliphatic heterocycles. The fourth-order valence-corrected chi connectivity index (χ4v) is 5.80. The van der Waals surface area contributed by atoms with Gasteiger partial charge in [0, 0.05) is 47.0 Å². The van der Waals surface area contributed by atoms with Crippen molar-refractivity contribution in [2.75, 3.05) is 24.6 Å². The summed E-state index contributed by atoms with van der Waals surface area (Å²) in [6.45, 7) is 9.75. The number of thiazole rings is 1. The summed E-state index contributed by atoms with van der Waals surface area (Å²) in [5.41, 5.74) is 5.37. The van der Waals surface area contributed by atoms with Gasteiger partial charge in [-0.3, -0.25) is 0 Å². The van der Waals surface area contributed by atoms with E-state index in [1.807, 2.05) is 81.6 Å². The minimum Gasteiger partial charge on any atom is -0.396 e. The summed E-state index contributed by atoms with van der Waals surface area (Å²) in [4.78, 5) is 11.7. The highest BCUT2D eigenvalue weighted by Crippen LogP contribution is 2.39. The van der Waals surface area contributed by atoms with E-state index in [1.54, 1.807) is 11.3 Å². The third-order valence-electron chi connectivity index (χ3n) is 6.00. The molecule has 0 aliphatic rings. The van der Waals surface area contributed by atoms with Gasteiger partial charge in [0.25, 0.3) is 0 Å². The molecule has 2 heterocycles. The summed E-state index contributed by atoms with van der Waals surface area (Å²) in [7, 11) is 0. The molecule has 6 nitrogen and oxygen atoms in total. The molecule has 0 saturated heterocycles. The van der Waals surface area contributed by atoms with Crippen molar-refractivity contribution in [2.24, 2.45) is 0 Å². The molecule has 0 amide bonds. The van der Waals surface area contributed by atoms with Gasteiger partial charge < -0.3 is 10.0 Å². The lowest BCUT2D eigenvalue weighted by atomic mass is 9.96. The first-order valence-electron chi connectivity index (χ1n) is 13.0. The van der Waals surface area contributed by atoms with Gasteiger partial charge in [0.05, 0.1) is 11.3 Å². The van der Waals surface area contributed by atoms with E-state index in [2.05, 4.69) is 17.0 Å². The maximum atomic E-state index is 10.2. The van der Waals surface area contributed by atoms with E-state index in [0.29, 0.717) is 58.0 Å². The van der Waals surface area contributed by atoms with Gasteiger partial charge >= 0.3 is 0 Å². The number of nitrogens with zero attached hydrogens (tertiary/aromatic N) is 5. The molecule has 206 valence electrons. The molecule has 0 aliphatic carbocycles. The number of rotatable bonds is 9. The van der Waals surface area contributed by atoms with Crippen LogP contribution >= 0.6 is 34.7 Å². The summed E-state index contributed by atoms with van der Waals surface area (Å²) >= 11 is 9.06. The molecule has 0 atom stereocenters. The first kappa shape index (κ1) is 31.1. The van der Waals surface area contributed by atoms with Crippen LogP contribution in [-0.2, 0) is 5.75 Å². The SMILES string of the molecule is CCCO.CCN(CC)c1nc(SCc2csc(-c3ccc(Cl)cc3)n2)c(C#N)c(-c2ccc(C)cc2)c1C#N. The molecule has 4 rings (SSSR count). The Bertz CT molecular complexity index is 1480. The number of pyridine rings is 1. The number of hydrogen-bond acceptors (Lipinski definition) is 8. The highest BCUT2D eigenvalue weighted by Gasteiger charge is 2.24. The normalized spacial score (nSPS) is 10.3. The Morgan fingerprint density at radius 2 is 1.52 bits per heavy atom. The van der Waals surface area contributed by atoms with Gasteiger partial charge in [-0.2, -0.15) is 10.5 Å². The van der Waals surface area contributed by atoms with Gasteiger partial charge in [-0.25, -0.2) is 9.97 Å². The molecule has 0 radical (unpaired) electrons. The van der Waals surface area contributed by atoms with E-state index in [0.717, 1.165) is 33.8 Å². The lowest BCUT2D eigenvalue weighted by Gasteiger charge is -2.24. The van der Waals surface area contributed by atoms with E-state index >= 15 is 0 Å². The first-order valence-corrected chi connectivity index (χ1v) is 15.3. The largest absolute Gasteiger partial charge is 0.396 e. The molecular weight excluding hydrogens is 558 g/mol. The smallest absolute Gasteiger partial charge is 0.148 e. The van der Waals surface area contributed by atoms with Crippen LogP contribution < -0.4 is 4.90 Å². The molecule has 0 spiro atoms. The lowest BCUT2D eigenvalue weighted by molar-refractivity contribution is 0.295. The summed E-state index contributed by atoms with van der Waals surface area (Å²) in [5.74, 6) is 1.17. The number of halogens is 1. The summed E-state index contributed by atoms with van der Waals surface area (Å²) in [6, 6.07) is 20.2. The van der Waals surface area contributed by atoms with Crippen LogP contribution in [-0.4, -0.2) is 34.8 Å². The lowest BCUT2D eigenvalue weighted by Crippen LogP contribution is -2.25. The number of aromatic nitrogens is 2. The van der Waals surface area contributed by atoms with Crippen molar-refractivity contribution in [1.29, 1.82) is 10.5 Å². The predicted octanol–water partition coefficient (Wildman–Crippen LogP) is 8.10. The molecular formula is C31H32ClN5OS2. The number of aliphatic hydroxyl groups excluding tert-OH is 1. The highest BCUT2D eigenvalue weighted by molar-refractivity contribution is 7.98. The second kappa shape index (κ2) is 15.4. The van der Waals surface area contributed by atoms with Crippen LogP contribution in [0.2, 0.25) is 5.02 Å². The van der Waals surface area contributed by atoms with Crippen molar-refractivity contribution in [1.82, 2.24) is 9.97 Å². The van der Waals surface area contributed by atoms with Crippen LogP contribution in [0, 0.1) is 29.6 Å². The number of anilines is 1. The van der Waals surface area contributed by atoms with Gasteiger partial charge in [-0.15, -0.1) is 11.3 Å². The van der Waals surface area contributed by atoms with Gasteiger partial charge in [-0.1, -0.05) is 72.2 Å².